The Hall–Kier alpha value is -1.30. The molecule has 4 aliphatic rings. The van der Waals surface area contributed by atoms with Crippen LogP contribution in [0.15, 0.2) is 58.7 Å². The SMILES string of the molecule is C[C@]12CCCC=C1C=C/C(=C1/C=CC3=CCCC[C@]3(C)C1)C2. The van der Waals surface area contributed by atoms with E-state index < -0.39 is 0 Å². The Kier molecular flexibility index (Phi) is 3.33. The zero-order chi connectivity index (χ0) is 15.2. The summed E-state index contributed by atoms with van der Waals surface area (Å²) in [6, 6.07) is 0. The maximum Gasteiger partial charge on any atom is -0.00379 e. The smallest absolute Gasteiger partial charge is 0.00379 e. The second kappa shape index (κ2) is 5.11. The predicted octanol–water partition coefficient (Wildman–Crippen LogP) is 6.44. The predicted molar refractivity (Wildman–Crippen MR) is 94.6 cm³/mol. The van der Waals surface area contributed by atoms with Crippen LogP contribution in [0.4, 0.5) is 0 Å². The van der Waals surface area contributed by atoms with Crippen LogP contribution in [-0.4, -0.2) is 0 Å². The van der Waals surface area contributed by atoms with Crippen molar-refractivity contribution in [2.45, 2.75) is 65.2 Å². The summed E-state index contributed by atoms with van der Waals surface area (Å²) in [5.41, 5.74) is 7.17. The summed E-state index contributed by atoms with van der Waals surface area (Å²) in [6.07, 6.45) is 25.0. The molecular formula is C22H28. The first kappa shape index (κ1) is 14.3. The third kappa shape index (κ3) is 2.28. The van der Waals surface area contributed by atoms with E-state index in [1.54, 1.807) is 22.3 Å². The molecule has 0 saturated heterocycles. The van der Waals surface area contributed by atoms with Crippen LogP contribution in [0.25, 0.3) is 0 Å². The van der Waals surface area contributed by atoms with Gasteiger partial charge in [-0.1, -0.05) is 50.3 Å². The number of rotatable bonds is 0. The van der Waals surface area contributed by atoms with E-state index >= 15 is 0 Å². The van der Waals surface area contributed by atoms with E-state index in [9.17, 15) is 0 Å². The molecule has 0 nitrogen and oxygen atoms in total. The molecule has 4 aliphatic carbocycles. The van der Waals surface area contributed by atoms with Gasteiger partial charge < -0.3 is 0 Å². The molecule has 0 N–H and O–H groups in total. The average Bonchev–Trinajstić information content (AvgIpc) is 2.52. The van der Waals surface area contributed by atoms with Gasteiger partial charge in [0.1, 0.15) is 0 Å². The fourth-order valence-electron chi connectivity index (χ4n) is 4.98. The van der Waals surface area contributed by atoms with Crippen molar-refractivity contribution in [1.29, 1.82) is 0 Å². The first-order chi connectivity index (χ1) is 10.6. The van der Waals surface area contributed by atoms with Crippen molar-refractivity contribution in [2.24, 2.45) is 10.8 Å². The molecule has 0 heterocycles. The summed E-state index contributed by atoms with van der Waals surface area (Å²) in [7, 11) is 0. The van der Waals surface area contributed by atoms with Crippen LogP contribution in [0.3, 0.4) is 0 Å². The maximum atomic E-state index is 2.47. The zero-order valence-corrected chi connectivity index (χ0v) is 14.1. The quantitative estimate of drug-likeness (QED) is 0.482. The highest BCUT2D eigenvalue weighted by atomic mass is 14.4. The van der Waals surface area contributed by atoms with Crippen molar-refractivity contribution in [3.8, 4) is 0 Å². The normalized spacial score (nSPS) is 40.6. The molecule has 22 heavy (non-hydrogen) atoms. The Morgan fingerprint density at radius 1 is 0.682 bits per heavy atom. The summed E-state index contributed by atoms with van der Waals surface area (Å²) >= 11 is 0. The van der Waals surface area contributed by atoms with Crippen molar-refractivity contribution in [1.82, 2.24) is 0 Å². The van der Waals surface area contributed by atoms with E-state index in [0.29, 0.717) is 10.8 Å². The lowest BCUT2D eigenvalue weighted by atomic mass is 9.63. The fraction of sp³-hybridized carbons (Fsp3) is 0.545. The molecule has 2 atom stereocenters. The molecule has 0 aromatic carbocycles. The van der Waals surface area contributed by atoms with Crippen LogP contribution in [0.5, 0.6) is 0 Å². The number of allylic oxidation sites excluding steroid dienone is 10. The van der Waals surface area contributed by atoms with Crippen molar-refractivity contribution in [2.75, 3.05) is 0 Å². The summed E-state index contributed by atoms with van der Waals surface area (Å²) < 4.78 is 0. The van der Waals surface area contributed by atoms with E-state index in [0.717, 1.165) is 0 Å². The Balaban J connectivity index is 1.71. The first-order valence-electron chi connectivity index (χ1n) is 9.09. The highest BCUT2D eigenvalue weighted by molar-refractivity contribution is 5.49. The van der Waals surface area contributed by atoms with Gasteiger partial charge in [-0.3, -0.25) is 0 Å². The van der Waals surface area contributed by atoms with E-state index in [2.05, 4.69) is 50.3 Å². The van der Waals surface area contributed by atoms with Crippen LogP contribution < -0.4 is 0 Å². The molecule has 116 valence electrons. The van der Waals surface area contributed by atoms with Gasteiger partial charge in [0.25, 0.3) is 0 Å². The van der Waals surface area contributed by atoms with Crippen LogP contribution in [-0.2, 0) is 0 Å². The van der Waals surface area contributed by atoms with Crippen molar-refractivity contribution < 1.29 is 0 Å². The molecule has 0 radical (unpaired) electrons. The lowest BCUT2D eigenvalue weighted by Gasteiger charge is -2.41. The van der Waals surface area contributed by atoms with Gasteiger partial charge in [0.05, 0.1) is 0 Å². The Bertz CT molecular complexity index is 581. The summed E-state index contributed by atoms with van der Waals surface area (Å²) in [4.78, 5) is 0. The molecule has 0 spiro atoms. The molecular weight excluding hydrogens is 264 g/mol. The summed E-state index contributed by atoms with van der Waals surface area (Å²) in [5.74, 6) is 0. The van der Waals surface area contributed by atoms with Crippen LogP contribution in [0, 0.1) is 10.8 Å². The minimum Gasteiger partial charge on any atom is -0.0807 e. The van der Waals surface area contributed by atoms with E-state index in [1.807, 2.05) is 0 Å². The molecule has 4 rings (SSSR count). The topological polar surface area (TPSA) is 0 Å². The molecule has 0 heteroatoms. The highest BCUT2D eigenvalue weighted by Crippen LogP contribution is 2.50. The fourth-order valence-corrected chi connectivity index (χ4v) is 4.98. The molecule has 0 fully saturated rings. The first-order valence-corrected chi connectivity index (χ1v) is 9.09. The van der Waals surface area contributed by atoms with Crippen molar-refractivity contribution in [3.63, 3.8) is 0 Å². The third-order valence-corrected chi connectivity index (χ3v) is 6.49. The Morgan fingerprint density at radius 2 is 1.14 bits per heavy atom. The highest BCUT2D eigenvalue weighted by Gasteiger charge is 2.36. The van der Waals surface area contributed by atoms with Gasteiger partial charge in [-0.05, 0) is 84.5 Å². The number of fused-ring (bicyclic) bond motifs is 2. The number of hydrogen-bond acceptors (Lipinski definition) is 0. The van der Waals surface area contributed by atoms with Gasteiger partial charge in [-0.2, -0.15) is 0 Å². The molecule has 0 saturated carbocycles. The summed E-state index contributed by atoms with van der Waals surface area (Å²) in [6.45, 7) is 4.95. The Labute approximate surface area is 135 Å². The molecule has 0 aliphatic heterocycles. The largest absolute Gasteiger partial charge is 0.0807 e. The van der Waals surface area contributed by atoms with Gasteiger partial charge in [0, 0.05) is 0 Å². The second-order valence-electron chi connectivity index (χ2n) is 8.30. The van der Waals surface area contributed by atoms with Gasteiger partial charge >= 0.3 is 0 Å². The van der Waals surface area contributed by atoms with Crippen molar-refractivity contribution >= 4 is 0 Å². The average molecular weight is 292 g/mol. The van der Waals surface area contributed by atoms with Crippen molar-refractivity contribution in [3.05, 3.63) is 58.7 Å². The van der Waals surface area contributed by atoms with E-state index in [4.69, 9.17) is 0 Å². The maximum absolute atomic E-state index is 2.47. The number of hydrogen-bond donors (Lipinski definition) is 0. The lowest BCUT2D eigenvalue weighted by molar-refractivity contribution is 0.326. The minimum atomic E-state index is 0.396. The zero-order valence-electron chi connectivity index (χ0n) is 14.1. The molecule has 0 unspecified atom stereocenters. The molecule has 0 amide bonds. The molecule has 0 aromatic rings. The van der Waals surface area contributed by atoms with Crippen LogP contribution in [0.2, 0.25) is 0 Å². The van der Waals surface area contributed by atoms with Gasteiger partial charge in [-0.25, -0.2) is 0 Å². The van der Waals surface area contributed by atoms with Gasteiger partial charge in [0.2, 0.25) is 0 Å². The minimum absolute atomic E-state index is 0.396. The van der Waals surface area contributed by atoms with E-state index in [-0.39, 0.29) is 0 Å². The van der Waals surface area contributed by atoms with E-state index in [1.165, 1.54) is 51.4 Å². The van der Waals surface area contributed by atoms with Crippen LogP contribution >= 0.6 is 0 Å². The monoisotopic (exact) mass is 292 g/mol. The Morgan fingerprint density at radius 3 is 1.59 bits per heavy atom. The van der Waals surface area contributed by atoms with Gasteiger partial charge in [-0.15, -0.1) is 0 Å². The standard InChI is InChI=1S/C22H28/c1-21-13-5-3-7-19(21)11-9-17(15-21)18-10-12-20-8-4-6-14-22(20,2)16-18/h7-12H,3-6,13-16H2,1-2H3/b18-17+/t21-,22-/m1/s1. The molecule has 0 aromatic heterocycles. The summed E-state index contributed by atoms with van der Waals surface area (Å²) in [5, 5.41) is 0. The van der Waals surface area contributed by atoms with Gasteiger partial charge in [0.15, 0.2) is 0 Å². The third-order valence-electron chi connectivity index (χ3n) is 6.49. The lowest BCUT2D eigenvalue weighted by Crippen LogP contribution is -2.27. The second-order valence-corrected chi connectivity index (χ2v) is 8.30. The molecule has 0 bridgehead atoms. The van der Waals surface area contributed by atoms with Crippen LogP contribution in [0.1, 0.15) is 65.2 Å².